The fourth-order valence-electron chi connectivity index (χ4n) is 7.19. The molecule has 376 valence electrons. The average Bonchev–Trinajstić information content (AvgIpc) is 3.32. The van der Waals surface area contributed by atoms with Crippen LogP contribution in [-0.4, -0.2) is 37.9 Å². The molecule has 0 aromatic carbocycles. The van der Waals surface area contributed by atoms with Gasteiger partial charge < -0.3 is 14.2 Å². The van der Waals surface area contributed by atoms with E-state index in [0.29, 0.717) is 19.4 Å². The van der Waals surface area contributed by atoms with E-state index in [2.05, 4.69) is 130 Å². The van der Waals surface area contributed by atoms with Crippen LogP contribution in [0.1, 0.15) is 239 Å². The van der Waals surface area contributed by atoms with Crippen LogP contribution in [0, 0.1) is 0 Å². The summed E-state index contributed by atoms with van der Waals surface area (Å²) >= 11 is 0. The maximum Gasteiger partial charge on any atom is 0.306 e. The summed E-state index contributed by atoms with van der Waals surface area (Å²) in [7, 11) is 0. The number of allylic oxidation sites excluding steroid dienone is 18. The van der Waals surface area contributed by atoms with Crippen molar-refractivity contribution in [1.82, 2.24) is 0 Å². The summed E-state index contributed by atoms with van der Waals surface area (Å²) in [4.78, 5) is 25.4. The Morgan fingerprint density at radius 1 is 0.348 bits per heavy atom. The normalized spacial score (nSPS) is 13.1. The third kappa shape index (κ3) is 53.2. The molecule has 1 atom stereocenters. The number of carbonyl (C=O) groups excluding carboxylic acids is 2. The number of hydrogen-bond acceptors (Lipinski definition) is 5. The Labute approximate surface area is 408 Å². The quantitative estimate of drug-likeness (QED) is 0.0346. The highest BCUT2D eigenvalue weighted by Gasteiger charge is 2.17. The summed E-state index contributed by atoms with van der Waals surface area (Å²) in [5.41, 5.74) is 0. The fraction of sp³-hybridized carbons (Fsp3) is 0.672. The highest BCUT2D eigenvalue weighted by atomic mass is 16.6. The van der Waals surface area contributed by atoms with Crippen molar-refractivity contribution < 1.29 is 23.8 Å². The van der Waals surface area contributed by atoms with E-state index in [1.54, 1.807) is 0 Å². The Kier molecular flexibility index (Phi) is 53.0. The van der Waals surface area contributed by atoms with E-state index >= 15 is 0 Å². The highest BCUT2D eigenvalue weighted by molar-refractivity contribution is 5.70. The second-order valence-corrected chi connectivity index (χ2v) is 17.7. The first kappa shape index (κ1) is 62.6. The molecule has 0 aliphatic heterocycles. The zero-order valence-electron chi connectivity index (χ0n) is 43.2. The number of carbonyl (C=O) groups is 2. The van der Waals surface area contributed by atoms with E-state index in [4.69, 9.17) is 14.2 Å². The molecule has 0 spiro atoms. The van der Waals surface area contributed by atoms with Crippen molar-refractivity contribution in [2.24, 2.45) is 0 Å². The molecule has 0 aliphatic carbocycles. The van der Waals surface area contributed by atoms with Gasteiger partial charge in [0.05, 0.1) is 6.61 Å². The van der Waals surface area contributed by atoms with Gasteiger partial charge in [0.1, 0.15) is 6.61 Å². The van der Waals surface area contributed by atoms with Crippen molar-refractivity contribution in [2.75, 3.05) is 19.8 Å². The minimum absolute atomic E-state index is 0.0566. The van der Waals surface area contributed by atoms with Crippen molar-refractivity contribution in [3.8, 4) is 0 Å². The molecule has 5 heteroatoms. The van der Waals surface area contributed by atoms with Gasteiger partial charge in [-0.1, -0.05) is 214 Å². The summed E-state index contributed by atoms with van der Waals surface area (Å²) in [5, 5.41) is 0. The maximum absolute atomic E-state index is 12.8. The molecule has 0 saturated carbocycles. The van der Waals surface area contributed by atoms with Gasteiger partial charge in [-0.15, -0.1) is 0 Å². The molecule has 1 unspecified atom stereocenters. The molecule has 0 radical (unpaired) electrons. The zero-order valence-corrected chi connectivity index (χ0v) is 43.2. The van der Waals surface area contributed by atoms with Crippen molar-refractivity contribution >= 4 is 11.9 Å². The van der Waals surface area contributed by atoms with Crippen LogP contribution >= 0.6 is 0 Å². The van der Waals surface area contributed by atoms with Crippen LogP contribution in [0.4, 0.5) is 0 Å². The Balaban J connectivity index is 4.35. The number of ether oxygens (including phenoxy) is 3. The molecule has 5 nitrogen and oxygen atoms in total. The summed E-state index contributed by atoms with van der Waals surface area (Å²) in [6, 6.07) is 0. The molecule has 0 bridgehead atoms. The van der Waals surface area contributed by atoms with Gasteiger partial charge in [-0.3, -0.25) is 9.59 Å². The highest BCUT2D eigenvalue weighted by Crippen LogP contribution is 2.13. The van der Waals surface area contributed by atoms with Crippen LogP contribution in [0.3, 0.4) is 0 Å². The second-order valence-electron chi connectivity index (χ2n) is 17.7. The Morgan fingerprint density at radius 2 is 0.712 bits per heavy atom. The molecule has 0 rings (SSSR count). The number of esters is 2. The predicted octanol–water partition coefficient (Wildman–Crippen LogP) is 18.8. The minimum Gasteiger partial charge on any atom is -0.462 e. The van der Waals surface area contributed by atoms with E-state index in [9.17, 15) is 9.59 Å². The van der Waals surface area contributed by atoms with Crippen LogP contribution < -0.4 is 0 Å². The van der Waals surface area contributed by atoms with Gasteiger partial charge in [0.15, 0.2) is 6.10 Å². The molecule has 66 heavy (non-hydrogen) atoms. The first-order chi connectivity index (χ1) is 32.6. The molecule has 0 amide bonds. The van der Waals surface area contributed by atoms with Gasteiger partial charge in [0.25, 0.3) is 0 Å². The first-order valence-corrected chi connectivity index (χ1v) is 27.4. The van der Waals surface area contributed by atoms with Gasteiger partial charge >= 0.3 is 11.9 Å². The lowest BCUT2D eigenvalue weighted by Gasteiger charge is -2.18. The van der Waals surface area contributed by atoms with Crippen LogP contribution in [0.5, 0.6) is 0 Å². The summed E-state index contributed by atoms with van der Waals surface area (Å²) in [6.07, 6.45) is 76.7. The maximum atomic E-state index is 12.8. The van der Waals surface area contributed by atoms with E-state index in [1.807, 2.05) is 0 Å². The van der Waals surface area contributed by atoms with Crippen molar-refractivity contribution in [1.29, 1.82) is 0 Å². The van der Waals surface area contributed by atoms with E-state index in [0.717, 1.165) is 122 Å². The first-order valence-electron chi connectivity index (χ1n) is 27.4. The lowest BCUT2D eigenvalue weighted by Crippen LogP contribution is -2.30. The van der Waals surface area contributed by atoms with Gasteiger partial charge in [0, 0.05) is 19.4 Å². The molecule has 0 aromatic rings. The smallest absolute Gasteiger partial charge is 0.306 e. The largest absolute Gasteiger partial charge is 0.462 e. The summed E-state index contributed by atoms with van der Waals surface area (Å²) < 4.78 is 17.4. The van der Waals surface area contributed by atoms with Gasteiger partial charge in [-0.05, 0) is 122 Å². The van der Waals surface area contributed by atoms with Gasteiger partial charge in [-0.2, -0.15) is 0 Å². The monoisotopic (exact) mass is 915 g/mol. The topological polar surface area (TPSA) is 61.8 Å². The number of hydrogen-bond donors (Lipinski definition) is 0. The number of unbranched alkanes of at least 4 members (excludes halogenated alkanes) is 20. The fourth-order valence-corrected chi connectivity index (χ4v) is 7.19. The van der Waals surface area contributed by atoms with E-state index < -0.39 is 6.10 Å². The van der Waals surface area contributed by atoms with Crippen molar-refractivity contribution in [2.45, 2.75) is 245 Å². The average molecular weight is 915 g/mol. The molecule has 0 saturated heterocycles. The third-order valence-electron chi connectivity index (χ3n) is 11.2. The standard InChI is InChI=1S/C61H102O5/c1-4-7-10-13-16-19-22-25-27-29-30-31-33-35-38-41-44-47-50-53-56-64-57-59(66-61(63)55-52-49-46-43-40-36-24-21-18-15-12-9-6-3)58-65-60(62)54-51-48-45-42-39-37-34-32-28-26-23-20-17-14-11-8-5-2/h8,11-12,15-17,19-21,24-28,30-31,34,37,59H,4-7,9-10,13-14,18,22-23,29,32-33,35-36,38-58H2,1-3H3/b11-8-,15-12-,19-16-,20-17-,24-21-,27-25-,28-26-,31-30-,37-34-. The molecule has 0 heterocycles. The lowest BCUT2D eigenvalue weighted by molar-refractivity contribution is -0.163. The van der Waals surface area contributed by atoms with Crippen LogP contribution in [-0.2, 0) is 23.8 Å². The lowest BCUT2D eigenvalue weighted by atomic mass is 10.1. The summed E-state index contributed by atoms with van der Waals surface area (Å²) in [6.45, 7) is 7.56. The van der Waals surface area contributed by atoms with E-state index in [-0.39, 0.29) is 25.2 Å². The summed E-state index contributed by atoms with van der Waals surface area (Å²) in [5.74, 6) is -0.450. The van der Waals surface area contributed by atoms with Gasteiger partial charge in [0.2, 0.25) is 0 Å². The molecule has 0 fully saturated rings. The molecule has 0 aromatic heterocycles. The third-order valence-corrected chi connectivity index (χ3v) is 11.2. The van der Waals surface area contributed by atoms with Crippen LogP contribution in [0.15, 0.2) is 109 Å². The Bertz CT molecular complexity index is 1310. The van der Waals surface area contributed by atoms with Crippen molar-refractivity contribution in [3.05, 3.63) is 109 Å². The predicted molar refractivity (Wildman–Crippen MR) is 288 cm³/mol. The van der Waals surface area contributed by atoms with Crippen LogP contribution in [0.25, 0.3) is 0 Å². The molecular formula is C61H102O5. The Morgan fingerprint density at radius 3 is 1.15 bits per heavy atom. The van der Waals surface area contributed by atoms with Gasteiger partial charge in [-0.25, -0.2) is 0 Å². The molecule has 0 N–H and O–H groups in total. The SMILES string of the molecule is CC/C=C\C/C=C\C/C=C\C/C=C\CCCCCCC(=O)OCC(COCCCCCCCCC/C=C\C/C=C\C/C=C\CCCCC)OC(=O)CCCCCCC/C=C\C/C=C\CCC. The Hall–Kier alpha value is -3.44. The molecule has 0 aliphatic rings. The van der Waals surface area contributed by atoms with E-state index in [1.165, 1.54) is 83.5 Å². The minimum atomic E-state index is -0.566. The zero-order chi connectivity index (χ0) is 47.7. The number of rotatable bonds is 49. The second kappa shape index (κ2) is 55.9. The van der Waals surface area contributed by atoms with Crippen LogP contribution in [0.2, 0.25) is 0 Å². The molecular weight excluding hydrogens is 813 g/mol. The van der Waals surface area contributed by atoms with Crippen molar-refractivity contribution in [3.63, 3.8) is 0 Å².